The summed E-state index contributed by atoms with van der Waals surface area (Å²) >= 11 is 0. The quantitative estimate of drug-likeness (QED) is 0.334. The highest BCUT2D eigenvalue weighted by molar-refractivity contribution is 5.85. The van der Waals surface area contributed by atoms with Gasteiger partial charge in [0.1, 0.15) is 0 Å². The van der Waals surface area contributed by atoms with Crippen molar-refractivity contribution >= 4 is 12.4 Å². The van der Waals surface area contributed by atoms with Gasteiger partial charge in [-0.1, -0.05) is 12.5 Å². The van der Waals surface area contributed by atoms with Gasteiger partial charge in [-0.3, -0.25) is 4.90 Å². The first-order valence-corrected chi connectivity index (χ1v) is 7.94. The summed E-state index contributed by atoms with van der Waals surface area (Å²) < 4.78 is 55.5. The fourth-order valence-electron chi connectivity index (χ4n) is 3.01. The molecule has 7 heteroatoms. The molecular weight excluding hydrogens is 344 g/mol. The number of hydrogen-bond acceptors (Lipinski definition) is 2. The van der Waals surface area contributed by atoms with Crippen molar-refractivity contribution in [2.24, 2.45) is 0 Å². The van der Waals surface area contributed by atoms with Crippen LogP contribution in [-0.4, -0.2) is 31.1 Å². The van der Waals surface area contributed by atoms with Gasteiger partial charge in [0.25, 0.3) is 0 Å². The minimum absolute atomic E-state index is 0. The number of unbranched alkanes of at least 4 members (excludes halogenated alkanes) is 2. The molecule has 24 heavy (non-hydrogen) atoms. The summed E-state index contributed by atoms with van der Waals surface area (Å²) in [6, 6.07) is -0.395. The summed E-state index contributed by atoms with van der Waals surface area (Å²) in [6.45, 7) is 6.18. The van der Waals surface area contributed by atoms with Gasteiger partial charge in [0, 0.05) is 43.9 Å². The van der Waals surface area contributed by atoms with E-state index in [1.165, 1.54) is 0 Å². The lowest BCUT2D eigenvalue weighted by Crippen LogP contribution is -2.45. The molecule has 1 fully saturated rings. The highest BCUT2D eigenvalue weighted by atomic mass is 35.5. The number of rotatable bonds is 7. The lowest BCUT2D eigenvalue weighted by Gasteiger charge is -2.35. The summed E-state index contributed by atoms with van der Waals surface area (Å²) in [4.78, 5) is 1.89. The first-order valence-electron chi connectivity index (χ1n) is 7.94. The Hall–Kier alpha value is -1.11. The fraction of sp³-hybridized carbons (Fsp3) is 0.529. The van der Waals surface area contributed by atoms with Crippen LogP contribution in [0.1, 0.15) is 37.3 Å². The largest absolute Gasteiger partial charge is 0.314 e. The van der Waals surface area contributed by atoms with Gasteiger partial charge in [0.2, 0.25) is 0 Å². The van der Waals surface area contributed by atoms with Crippen LogP contribution in [0.5, 0.6) is 0 Å². The number of nitrogens with one attached hydrogen (secondary N) is 1. The maximum Gasteiger partial charge on any atom is 0.166 e. The SMILES string of the molecule is C=CCCCC[C@H](c1c(F)c(F)cc(F)c1F)N1CCNCC1.Cl. The third kappa shape index (κ3) is 4.94. The summed E-state index contributed by atoms with van der Waals surface area (Å²) in [5, 5.41) is 3.16. The number of hydrogen-bond donors (Lipinski definition) is 1. The van der Waals surface area contributed by atoms with Crippen LogP contribution in [0.25, 0.3) is 0 Å². The second kappa shape index (κ2) is 10.0. The molecule has 136 valence electrons. The predicted octanol–water partition coefficient (Wildman–Crippen LogP) is 4.36. The van der Waals surface area contributed by atoms with Crippen molar-refractivity contribution in [2.75, 3.05) is 26.2 Å². The van der Waals surface area contributed by atoms with E-state index in [2.05, 4.69) is 11.9 Å². The van der Waals surface area contributed by atoms with Crippen LogP contribution in [0.3, 0.4) is 0 Å². The molecule has 1 aromatic rings. The van der Waals surface area contributed by atoms with Crippen molar-refractivity contribution in [1.29, 1.82) is 0 Å². The van der Waals surface area contributed by atoms with E-state index in [1.807, 2.05) is 4.90 Å². The van der Waals surface area contributed by atoms with Gasteiger partial charge >= 0.3 is 0 Å². The van der Waals surface area contributed by atoms with Gasteiger partial charge in [0.05, 0.1) is 0 Å². The normalized spacial score (nSPS) is 16.5. The summed E-state index contributed by atoms with van der Waals surface area (Å²) in [7, 11) is 0. The molecule has 2 rings (SSSR count). The highest BCUT2D eigenvalue weighted by Gasteiger charge is 2.30. The average molecular weight is 367 g/mol. The molecule has 0 radical (unpaired) electrons. The Bertz CT molecular complexity index is 522. The molecule has 0 unspecified atom stereocenters. The molecular formula is C17H23ClF4N2. The molecule has 0 aliphatic carbocycles. The van der Waals surface area contributed by atoms with Crippen LogP contribution in [0.4, 0.5) is 17.6 Å². The summed E-state index contributed by atoms with van der Waals surface area (Å²) in [5.74, 6) is -5.25. The smallest absolute Gasteiger partial charge is 0.166 e. The van der Waals surface area contributed by atoms with Gasteiger partial charge in [-0.25, -0.2) is 17.6 Å². The van der Waals surface area contributed by atoms with Gasteiger partial charge in [-0.15, -0.1) is 19.0 Å². The van der Waals surface area contributed by atoms with E-state index in [4.69, 9.17) is 0 Å². The van der Waals surface area contributed by atoms with Crippen LogP contribution in [0.2, 0.25) is 0 Å². The van der Waals surface area contributed by atoms with Crippen LogP contribution in [0, 0.1) is 23.3 Å². The number of nitrogens with zero attached hydrogens (tertiary/aromatic N) is 1. The molecule has 1 aliphatic rings. The van der Waals surface area contributed by atoms with E-state index in [1.54, 1.807) is 6.08 Å². The molecule has 1 saturated heterocycles. The van der Waals surface area contributed by atoms with Crippen LogP contribution >= 0.6 is 12.4 Å². The van der Waals surface area contributed by atoms with Crippen molar-refractivity contribution < 1.29 is 17.6 Å². The molecule has 0 saturated carbocycles. The lowest BCUT2D eigenvalue weighted by atomic mass is 9.96. The van der Waals surface area contributed by atoms with E-state index in [0.717, 1.165) is 12.8 Å². The average Bonchev–Trinajstić information content (AvgIpc) is 2.56. The molecule has 0 bridgehead atoms. The van der Waals surface area contributed by atoms with Crippen molar-refractivity contribution in [1.82, 2.24) is 10.2 Å². The maximum absolute atomic E-state index is 14.2. The predicted molar refractivity (Wildman–Crippen MR) is 89.4 cm³/mol. The number of allylic oxidation sites excluding steroid dienone is 1. The Balaban J connectivity index is 0.00000288. The topological polar surface area (TPSA) is 15.3 Å². The summed E-state index contributed by atoms with van der Waals surface area (Å²) in [6.07, 6.45) is 4.56. The molecule has 0 amide bonds. The van der Waals surface area contributed by atoms with Gasteiger partial charge in [0.15, 0.2) is 23.3 Å². The minimum Gasteiger partial charge on any atom is -0.314 e. The number of halogens is 5. The standard InChI is InChI=1S/C17H22F4N2.ClH/c1-2-3-4-5-6-14(23-9-7-22-8-10-23)15-16(20)12(18)11-13(19)17(15)21;/h2,11,14,22H,1,3-10H2;1H/t14-;/m1./s1. The maximum atomic E-state index is 14.2. The molecule has 2 nitrogen and oxygen atoms in total. The Labute approximate surface area is 146 Å². The van der Waals surface area contributed by atoms with Crippen molar-refractivity contribution in [3.8, 4) is 0 Å². The lowest BCUT2D eigenvalue weighted by molar-refractivity contribution is 0.154. The Kier molecular flexibility index (Phi) is 8.73. The second-order valence-electron chi connectivity index (χ2n) is 5.76. The van der Waals surface area contributed by atoms with Crippen LogP contribution in [0.15, 0.2) is 18.7 Å². The molecule has 0 aromatic heterocycles. The van der Waals surface area contributed by atoms with Crippen molar-refractivity contribution in [2.45, 2.75) is 31.7 Å². The molecule has 1 atom stereocenters. The monoisotopic (exact) mass is 366 g/mol. The Morgan fingerprint density at radius 1 is 1.08 bits per heavy atom. The van der Waals surface area contributed by atoms with E-state index in [0.29, 0.717) is 39.0 Å². The second-order valence-corrected chi connectivity index (χ2v) is 5.76. The Morgan fingerprint density at radius 2 is 1.67 bits per heavy atom. The fourth-order valence-corrected chi connectivity index (χ4v) is 3.01. The number of benzene rings is 1. The molecule has 1 N–H and O–H groups in total. The third-order valence-electron chi connectivity index (χ3n) is 4.21. The molecule has 0 spiro atoms. The van der Waals surface area contributed by atoms with E-state index in [-0.39, 0.29) is 18.5 Å². The molecule has 1 heterocycles. The van der Waals surface area contributed by atoms with Crippen LogP contribution < -0.4 is 5.32 Å². The van der Waals surface area contributed by atoms with E-state index in [9.17, 15) is 17.6 Å². The van der Waals surface area contributed by atoms with Crippen molar-refractivity contribution in [3.05, 3.63) is 47.6 Å². The van der Waals surface area contributed by atoms with Crippen LogP contribution in [-0.2, 0) is 0 Å². The van der Waals surface area contributed by atoms with Gasteiger partial charge < -0.3 is 5.32 Å². The number of piperazine rings is 1. The molecule has 1 aliphatic heterocycles. The Morgan fingerprint density at radius 3 is 2.21 bits per heavy atom. The first kappa shape index (κ1) is 20.9. The van der Waals surface area contributed by atoms with E-state index >= 15 is 0 Å². The van der Waals surface area contributed by atoms with Crippen molar-refractivity contribution in [3.63, 3.8) is 0 Å². The van der Waals surface area contributed by atoms with Gasteiger partial charge in [-0.2, -0.15) is 0 Å². The first-order chi connectivity index (χ1) is 11.1. The van der Waals surface area contributed by atoms with Gasteiger partial charge in [-0.05, 0) is 19.3 Å². The molecule has 1 aromatic carbocycles. The summed E-state index contributed by atoms with van der Waals surface area (Å²) in [5.41, 5.74) is -0.483. The minimum atomic E-state index is -1.34. The highest BCUT2D eigenvalue weighted by Crippen LogP contribution is 2.33. The zero-order valence-corrected chi connectivity index (χ0v) is 14.3. The third-order valence-corrected chi connectivity index (χ3v) is 4.21. The zero-order chi connectivity index (χ0) is 16.8. The van der Waals surface area contributed by atoms with E-state index < -0.39 is 34.9 Å². The zero-order valence-electron chi connectivity index (χ0n) is 13.5.